The lowest BCUT2D eigenvalue weighted by Gasteiger charge is -2.11. The maximum absolute atomic E-state index is 4.69. The Morgan fingerprint density at radius 2 is 0.767 bits per heavy atom. The third-order valence-corrected chi connectivity index (χ3v) is 17.9. The van der Waals surface area contributed by atoms with E-state index >= 15 is 0 Å². The Morgan fingerprint density at radius 1 is 0.293 bits per heavy atom. The summed E-state index contributed by atoms with van der Waals surface area (Å²) in [5.74, 6) is 4.76. The summed E-state index contributed by atoms with van der Waals surface area (Å²) >= 11 is 1.68. The highest BCUT2D eigenvalue weighted by Gasteiger charge is 2.13. The van der Waals surface area contributed by atoms with Gasteiger partial charge in [0.05, 0.1) is 49.4 Å². The van der Waals surface area contributed by atoms with Crippen LogP contribution in [0, 0.1) is 0 Å². The number of H-pyrrole nitrogens is 2. The van der Waals surface area contributed by atoms with Crippen LogP contribution in [0.3, 0.4) is 0 Å². The number of nitrogens with zero attached hydrogens (tertiary/aromatic N) is 24. The molecule has 2 N–H and O–H groups in total. The van der Waals surface area contributed by atoms with E-state index in [1.54, 1.807) is 138 Å². The zero-order chi connectivity index (χ0) is 78.4. The van der Waals surface area contributed by atoms with E-state index in [0.717, 1.165) is 88.7 Å². The normalized spacial score (nSPS) is 10.4. The molecule has 16 aromatic heterocycles. The van der Waals surface area contributed by atoms with Gasteiger partial charge in [-0.05, 0) is 143 Å². The van der Waals surface area contributed by atoms with Crippen LogP contribution in [0.5, 0.6) is 0 Å². The molecule has 0 aliphatic rings. The Hall–Kier alpha value is -16.6. The third-order valence-electron chi connectivity index (χ3n) is 16.8. The van der Waals surface area contributed by atoms with Crippen LogP contribution in [-0.2, 0) is 0 Å². The number of benzene rings is 6. The van der Waals surface area contributed by atoms with Crippen LogP contribution in [0.4, 0.5) is 0 Å². The Morgan fingerprint density at radius 3 is 1.24 bits per heavy atom. The van der Waals surface area contributed by atoms with Gasteiger partial charge in [0.1, 0.15) is 5.01 Å². The first-order valence-corrected chi connectivity index (χ1v) is 37.0. The van der Waals surface area contributed by atoms with E-state index in [0.29, 0.717) is 23.4 Å². The van der Waals surface area contributed by atoms with Gasteiger partial charge in [-0.3, -0.25) is 15.0 Å². The molecule has 27 heteroatoms. The summed E-state index contributed by atoms with van der Waals surface area (Å²) in [5.41, 5.74) is 12.5. The largest absolute Gasteiger partial charge is 0.342 e. The number of imidazole rings is 2. The average molecular weight is 1530 g/mol. The molecule has 22 rings (SSSR count). The molecule has 0 spiro atoms. The van der Waals surface area contributed by atoms with Gasteiger partial charge in [-0.1, -0.05) is 152 Å². The summed E-state index contributed by atoms with van der Waals surface area (Å²) < 4.78 is 4.54. The number of aromatic amines is 2. The van der Waals surface area contributed by atoms with Gasteiger partial charge in [0, 0.05) is 139 Å². The van der Waals surface area contributed by atoms with Crippen molar-refractivity contribution in [3.63, 3.8) is 0 Å². The number of nitrogens with one attached hydrogen (secondary N) is 2. The van der Waals surface area contributed by atoms with Crippen molar-refractivity contribution >= 4 is 65.2 Å². The molecule has 26 nitrogen and oxygen atoms in total. The number of pyridine rings is 7. The second-order valence-electron chi connectivity index (χ2n) is 24.4. The molecule has 0 amide bonds. The Kier molecular flexibility index (Phi) is 25.0. The maximum Gasteiger partial charge on any atom is 0.250 e. The summed E-state index contributed by atoms with van der Waals surface area (Å²) in [6.07, 6.45) is 34.4. The molecule has 0 bridgehead atoms. The summed E-state index contributed by atoms with van der Waals surface area (Å²) in [6, 6.07) is 88.1. The van der Waals surface area contributed by atoms with Crippen molar-refractivity contribution in [2.24, 2.45) is 0 Å². The Bertz CT molecular complexity index is 6170. The molecule has 22 aromatic rings. The van der Waals surface area contributed by atoms with E-state index in [4.69, 9.17) is 0 Å². The van der Waals surface area contributed by atoms with Gasteiger partial charge in [0.15, 0.2) is 41.3 Å². The Labute approximate surface area is 667 Å². The number of thiazole rings is 1. The van der Waals surface area contributed by atoms with E-state index < -0.39 is 0 Å². The molecule has 0 aliphatic carbocycles. The minimum Gasteiger partial charge on any atom is -0.342 e. The van der Waals surface area contributed by atoms with Crippen LogP contribution in [0.15, 0.2) is 391 Å². The monoisotopic (exact) mass is 1530 g/mol. The topological polar surface area (TPSA) is 317 Å². The van der Waals surface area contributed by atoms with Gasteiger partial charge in [-0.2, -0.15) is 10.2 Å². The van der Waals surface area contributed by atoms with Crippen LogP contribution < -0.4 is 0 Å². The minimum atomic E-state index is 0.554. The summed E-state index contributed by atoms with van der Waals surface area (Å²) in [5, 5.41) is 24.6. The van der Waals surface area contributed by atoms with Gasteiger partial charge in [0.25, 0.3) is 0 Å². The highest BCUT2D eigenvalue weighted by atomic mass is 32.1. The van der Waals surface area contributed by atoms with Crippen molar-refractivity contribution in [2.45, 2.75) is 0 Å². The van der Waals surface area contributed by atoms with Gasteiger partial charge in [-0.15, -0.1) is 26.3 Å². The SMILES string of the molecule is c1c[nH]c(-c2ncc[nH]2)n1.c1ccc(-c2ccnc3c2ccc2c(-c4ccccc4)ccnc23)cc1.c1ccc(-c2nc3ccccc3s2)nc1.c1ccc(-n2cccn2)nc1.c1ccc(-n2ncnn2)nc1.c1ccc2nc(-c3ccc4ccccc4n3)ccc2c1.c1cnc(-c2ncccn2)nc1.c1cnc(-n2cccn2)nc1. The van der Waals surface area contributed by atoms with E-state index in [2.05, 4.69) is 218 Å². The second-order valence-corrected chi connectivity index (χ2v) is 25.4. The molecular weight excluding hydrogens is 1470 g/mol. The number of hydrogen-bond acceptors (Lipinski definition) is 22. The highest BCUT2D eigenvalue weighted by molar-refractivity contribution is 7.21. The lowest BCUT2D eigenvalue weighted by Crippen LogP contribution is -2.00. The van der Waals surface area contributed by atoms with Gasteiger partial charge >= 0.3 is 0 Å². The lowest BCUT2D eigenvalue weighted by atomic mass is 9.97. The summed E-state index contributed by atoms with van der Waals surface area (Å²) in [7, 11) is 0. The molecule has 0 aliphatic heterocycles. The van der Waals surface area contributed by atoms with E-state index in [9.17, 15) is 0 Å². The molecule has 0 fully saturated rings. The predicted molar refractivity (Wildman–Crippen MR) is 450 cm³/mol. The molecule has 0 radical (unpaired) electrons. The first-order chi connectivity index (χ1) is 57.6. The number of fused-ring (bicyclic) bond motifs is 6. The maximum atomic E-state index is 4.69. The van der Waals surface area contributed by atoms with Crippen molar-refractivity contribution in [2.75, 3.05) is 0 Å². The van der Waals surface area contributed by atoms with Crippen molar-refractivity contribution in [1.29, 1.82) is 0 Å². The molecular formula is C89H66N26S. The molecule has 0 saturated carbocycles. The zero-order valence-electron chi connectivity index (χ0n) is 61.6. The van der Waals surface area contributed by atoms with Gasteiger partial charge in [-0.25, -0.2) is 74.2 Å². The van der Waals surface area contributed by atoms with Crippen LogP contribution in [-0.4, -0.2) is 129 Å². The third kappa shape index (κ3) is 19.7. The van der Waals surface area contributed by atoms with Gasteiger partial charge in [0.2, 0.25) is 5.95 Å². The zero-order valence-corrected chi connectivity index (χ0v) is 62.4. The fraction of sp³-hybridized carbons (Fsp3) is 0. The first kappa shape index (κ1) is 74.9. The molecule has 558 valence electrons. The fourth-order valence-electron chi connectivity index (χ4n) is 11.5. The van der Waals surface area contributed by atoms with Crippen molar-refractivity contribution in [3.05, 3.63) is 391 Å². The second kappa shape index (κ2) is 38.7. The minimum absolute atomic E-state index is 0.554. The first-order valence-electron chi connectivity index (χ1n) is 36.2. The molecule has 0 saturated heterocycles. The van der Waals surface area contributed by atoms with Crippen LogP contribution >= 0.6 is 11.3 Å². The molecule has 16 heterocycles. The van der Waals surface area contributed by atoms with Crippen molar-refractivity contribution < 1.29 is 0 Å². The van der Waals surface area contributed by atoms with E-state index in [1.165, 1.54) is 38.1 Å². The Balaban J connectivity index is 0.000000107. The van der Waals surface area contributed by atoms with Crippen molar-refractivity contribution in [1.82, 2.24) is 129 Å². The van der Waals surface area contributed by atoms with Crippen LogP contribution in [0.25, 0.3) is 139 Å². The highest BCUT2D eigenvalue weighted by Crippen LogP contribution is 2.35. The molecule has 0 unspecified atom stereocenters. The molecule has 116 heavy (non-hydrogen) atoms. The number of para-hydroxylation sites is 3. The van der Waals surface area contributed by atoms with E-state index in [1.807, 2.05) is 164 Å². The summed E-state index contributed by atoms with van der Waals surface area (Å²) in [4.78, 5) is 75.0. The van der Waals surface area contributed by atoms with Gasteiger partial charge < -0.3 is 9.97 Å². The quantitative estimate of drug-likeness (QED) is 0.127. The van der Waals surface area contributed by atoms with E-state index in [-0.39, 0.29) is 0 Å². The number of hydrogen-bond donors (Lipinski definition) is 2. The summed E-state index contributed by atoms with van der Waals surface area (Å²) in [6.45, 7) is 0. The molecule has 0 atom stereocenters. The lowest BCUT2D eigenvalue weighted by molar-refractivity contribution is 0.700. The average Bonchev–Trinajstić information content (AvgIpc) is 0.947. The fourth-order valence-corrected chi connectivity index (χ4v) is 12.5. The number of rotatable bonds is 9. The number of tetrazole rings is 1. The smallest absolute Gasteiger partial charge is 0.250 e. The molecule has 6 aromatic carbocycles. The van der Waals surface area contributed by atoms with Crippen LogP contribution in [0.2, 0.25) is 0 Å². The van der Waals surface area contributed by atoms with Crippen LogP contribution in [0.1, 0.15) is 0 Å². The number of aromatic nitrogens is 26. The standard InChI is InChI=1S/C24H16N2.C18H12N2.C12H8N2S.C8H6N4.C8H7N3.C7H6N4.C6H5N5.C6H6N4/c1-3-7-17(8-4-1)19-13-15-25-23-21(19)11-12-22-20(14-16-26-24(22)23)18-9-5-2-6-10-18;1-3-7-15-13(5-1)9-11-17(19-15)18-12-10-14-6-2-4-8-16(14)20-18;1-2-7-11-9(5-1)14-12(15-11)10-6-3-4-8-13-10;1-3-9-7(10-4-1)8-11-5-2-6-12-8;1-2-5-9-8(4-1)11-7-3-6-10-11;1-3-8-7(9-4-1)11-6-2-5-10-11;1-2-4-7-6(3-1)11-9-5-8-10-11;1-2-8-5(7-1)6-9-3-4-10-6/h1-16H;1-12H;1-8H;1-6H;1-7H;1-6H;1-5H;1-4H,(H,7,8)(H,9,10). The van der Waals surface area contributed by atoms with Crippen molar-refractivity contribution in [3.8, 4) is 85.2 Å². The predicted octanol–water partition coefficient (Wildman–Crippen LogP) is 17.6.